The first-order valence-corrected chi connectivity index (χ1v) is 5.87. The molecule has 2 rings (SSSR count). The highest BCUT2D eigenvalue weighted by Crippen LogP contribution is 2.40. The van der Waals surface area contributed by atoms with E-state index in [2.05, 4.69) is 0 Å². The van der Waals surface area contributed by atoms with Crippen molar-refractivity contribution in [2.75, 3.05) is 0 Å². The van der Waals surface area contributed by atoms with Crippen molar-refractivity contribution in [1.29, 1.82) is 0 Å². The first-order valence-electron chi connectivity index (χ1n) is 5.87. The second kappa shape index (κ2) is 3.95. The normalized spacial score (nSPS) is 35.1. The van der Waals surface area contributed by atoms with Gasteiger partial charge in [0.05, 0.1) is 24.0 Å². The first kappa shape index (κ1) is 12.3. The number of fused-ring (bicyclic) bond motifs is 2. The van der Waals surface area contributed by atoms with Crippen molar-refractivity contribution in [2.24, 2.45) is 11.8 Å². The maximum absolute atomic E-state index is 12.1. The number of hydrogen-bond donors (Lipinski definition) is 0. The predicted octanol–water partition coefficient (Wildman–Crippen LogP) is 1.49. The minimum Gasteiger partial charge on any atom is -0.460 e. The number of ether oxygens (including phenoxy) is 2. The number of carbonyl (C=O) groups excluding carboxylic acids is 2. The summed E-state index contributed by atoms with van der Waals surface area (Å²) < 4.78 is 10.9. The molecule has 4 unspecified atom stereocenters. The number of hydrogen-bond acceptors (Lipinski definition) is 4. The summed E-state index contributed by atoms with van der Waals surface area (Å²) >= 11 is 0. The molecule has 0 amide bonds. The summed E-state index contributed by atoms with van der Waals surface area (Å²) in [6.45, 7) is 6.95. The average molecular weight is 238 g/mol. The minimum absolute atomic E-state index is 0.0160. The second-order valence-electron chi connectivity index (χ2n) is 5.65. The lowest BCUT2D eigenvalue weighted by atomic mass is 9.80. The van der Waals surface area contributed by atoms with Crippen LogP contribution in [0.3, 0.4) is 0 Å². The molecule has 0 spiro atoms. The SMILES string of the molecule is CC(=O)C1C2C=CC(O2)C1C(=O)OC(C)(C)C. The summed E-state index contributed by atoms with van der Waals surface area (Å²) in [4.78, 5) is 23.7. The third-order valence-corrected chi connectivity index (χ3v) is 3.05. The van der Waals surface area contributed by atoms with E-state index in [4.69, 9.17) is 9.47 Å². The van der Waals surface area contributed by atoms with Crippen LogP contribution in [-0.2, 0) is 19.1 Å². The zero-order valence-electron chi connectivity index (χ0n) is 10.6. The molecule has 0 aromatic carbocycles. The van der Waals surface area contributed by atoms with Crippen molar-refractivity contribution < 1.29 is 19.1 Å². The second-order valence-corrected chi connectivity index (χ2v) is 5.65. The van der Waals surface area contributed by atoms with E-state index >= 15 is 0 Å². The molecule has 2 heterocycles. The molecule has 1 fully saturated rings. The van der Waals surface area contributed by atoms with Crippen LogP contribution < -0.4 is 0 Å². The number of esters is 1. The molecule has 17 heavy (non-hydrogen) atoms. The van der Waals surface area contributed by atoms with Crippen LogP contribution in [0.1, 0.15) is 27.7 Å². The number of carbonyl (C=O) groups is 2. The molecular formula is C13H18O4. The van der Waals surface area contributed by atoms with Crippen molar-refractivity contribution in [3.63, 3.8) is 0 Å². The molecule has 2 aliphatic heterocycles. The van der Waals surface area contributed by atoms with Gasteiger partial charge in [0.25, 0.3) is 0 Å². The summed E-state index contributed by atoms with van der Waals surface area (Å²) in [5, 5.41) is 0. The molecule has 0 radical (unpaired) electrons. The maximum Gasteiger partial charge on any atom is 0.313 e. The van der Waals surface area contributed by atoms with Gasteiger partial charge in [-0.25, -0.2) is 0 Å². The molecule has 1 saturated heterocycles. The van der Waals surface area contributed by atoms with Crippen molar-refractivity contribution in [1.82, 2.24) is 0 Å². The molecule has 2 bridgehead atoms. The van der Waals surface area contributed by atoms with E-state index in [0.29, 0.717) is 0 Å². The predicted molar refractivity (Wildman–Crippen MR) is 61.3 cm³/mol. The standard InChI is InChI=1S/C13H18O4/c1-7(14)10-8-5-6-9(16-8)11(10)12(15)17-13(2,3)4/h5-6,8-11H,1-4H3. The van der Waals surface area contributed by atoms with Crippen LogP contribution in [0.25, 0.3) is 0 Å². The van der Waals surface area contributed by atoms with Crippen LogP contribution in [0.4, 0.5) is 0 Å². The van der Waals surface area contributed by atoms with E-state index in [1.54, 1.807) is 0 Å². The van der Waals surface area contributed by atoms with Gasteiger partial charge in [-0.05, 0) is 27.7 Å². The quantitative estimate of drug-likeness (QED) is 0.540. The third-order valence-electron chi connectivity index (χ3n) is 3.05. The van der Waals surface area contributed by atoms with Gasteiger partial charge in [-0.1, -0.05) is 12.2 Å². The Balaban J connectivity index is 2.17. The number of Topliss-reactive ketones (excluding diaryl/α,β-unsaturated/α-hetero) is 1. The van der Waals surface area contributed by atoms with Crippen molar-refractivity contribution >= 4 is 11.8 Å². The van der Waals surface area contributed by atoms with E-state index < -0.39 is 11.5 Å². The Kier molecular flexibility index (Phi) is 2.86. The highest BCUT2D eigenvalue weighted by molar-refractivity contribution is 5.87. The lowest BCUT2D eigenvalue weighted by molar-refractivity contribution is -0.163. The fourth-order valence-electron chi connectivity index (χ4n) is 2.44. The minimum atomic E-state index is -0.538. The monoisotopic (exact) mass is 238 g/mol. The fraction of sp³-hybridized carbons (Fsp3) is 0.692. The Bertz CT molecular complexity index is 377. The lowest BCUT2D eigenvalue weighted by Crippen LogP contribution is -2.39. The van der Waals surface area contributed by atoms with E-state index in [1.807, 2.05) is 32.9 Å². The molecule has 4 atom stereocenters. The zero-order valence-corrected chi connectivity index (χ0v) is 10.6. The fourth-order valence-corrected chi connectivity index (χ4v) is 2.44. The molecule has 2 aliphatic rings. The van der Waals surface area contributed by atoms with E-state index in [9.17, 15) is 9.59 Å². The van der Waals surface area contributed by atoms with Crippen LogP contribution in [0.2, 0.25) is 0 Å². The number of ketones is 1. The Hall–Kier alpha value is -1.16. The van der Waals surface area contributed by atoms with Gasteiger partial charge in [0.2, 0.25) is 0 Å². The molecule has 0 aliphatic carbocycles. The molecule has 94 valence electrons. The van der Waals surface area contributed by atoms with Gasteiger partial charge in [-0.2, -0.15) is 0 Å². The largest absolute Gasteiger partial charge is 0.460 e. The highest BCUT2D eigenvalue weighted by atomic mass is 16.6. The lowest BCUT2D eigenvalue weighted by Gasteiger charge is -2.26. The van der Waals surface area contributed by atoms with Gasteiger partial charge >= 0.3 is 5.97 Å². The maximum atomic E-state index is 12.1. The van der Waals surface area contributed by atoms with Gasteiger partial charge in [0.15, 0.2) is 0 Å². The van der Waals surface area contributed by atoms with E-state index in [1.165, 1.54) is 6.92 Å². The summed E-state index contributed by atoms with van der Waals surface area (Å²) in [7, 11) is 0. The van der Waals surface area contributed by atoms with Gasteiger partial charge in [0.1, 0.15) is 11.4 Å². The third kappa shape index (κ3) is 2.27. The Morgan fingerprint density at radius 3 is 2.12 bits per heavy atom. The van der Waals surface area contributed by atoms with Gasteiger partial charge < -0.3 is 9.47 Å². The van der Waals surface area contributed by atoms with Gasteiger partial charge in [-0.3, -0.25) is 9.59 Å². The van der Waals surface area contributed by atoms with E-state index in [-0.39, 0.29) is 29.9 Å². The molecule has 0 aromatic rings. The summed E-state index contributed by atoms with van der Waals surface area (Å²) in [5.74, 6) is -1.23. The summed E-state index contributed by atoms with van der Waals surface area (Å²) in [5.41, 5.74) is -0.538. The average Bonchev–Trinajstić information content (AvgIpc) is 2.72. The smallest absolute Gasteiger partial charge is 0.313 e. The zero-order chi connectivity index (χ0) is 12.8. The van der Waals surface area contributed by atoms with Crippen LogP contribution in [0, 0.1) is 11.8 Å². The van der Waals surface area contributed by atoms with Crippen molar-refractivity contribution in [3.8, 4) is 0 Å². The topological polar surface area (TPSA) is 52.6 Å². The van der Waals surface area contributed by atoms with E-state index in [0.717, 1.165) is 0 Å². The first-order chi connectivity index (χ1) is 7.79. The Labute approximate surface area is 101 Å². The van der Waals surface area contributed by atoms with Crippen LogP contribution in [0.15, 0.2) is 12.2 Å². The van der Waals surface area contributed by atoms with Gasteiger partial charge in [-0.15, -0.1) is 0 Å². The van der Waals surface area contributed by atoms with Crippen LogP contribution in [-0.4, -0.2) is 29.6 Å². The van der Waals surface area contributed by atoms with Crippen LogP contribution >= 0.6 is 0 Å². The van der Waals surface area contributed by atoms with Crippen LogP contribution in [0.5, 0.6) is 0 Å². The Morgan fingerprint density at radius 2 is 1.65 bits per heavy atom. The van der Waals surface area contributed by atoms with Crippen molar-refractivity contribution in [2.45, 2.75) is 45.5 Å². The highest BCUT2D eigenvalue weighted by Gasteiger charge is 2.52. The Morgan fingerprint density at radius 1 is 1.12 bits per heavy atom. The number of rotatable bonds is 2. The van der Waals surface area contributed by atoms with Gasteiger partial charge in [0, 0.05) is 0 Å². The molecule has 0 N–H and O–H groups in total. The molecule has 0 aromatic heterocycles. The molecule has 0 saturated carbocycles. The molecule has 4 nitrogen and oxygen atoms in total. The molecule has 4 heteroatoms. The summed E-state index contributed by atoms with van der Waals surface area (Å²) in [6, 6.07) is 0. The summed E-state index contributed by atoms with van der Waals surface area (Å²) in [6.07, 6.45) is 3.15. The van der Waals surface area contributed by atoms with Crippen molar-refractivity contribution in [3.05, 3.63) is 12.2 Å². The molecular weight excluding hydrogens is 220 g/mol.